The first-order valence-electron chi connectivity index (χ1n) is 6.46. The Morgan fingerprint density at radius 1 is 1.22 bits per heavy atom. The minimum Gasteiger partial charge on any atom is -0.479 e. The van der Waals surface area contributed by atoms with E-state index in [1.165, 1.54) is 0 Å². The Kier molecular flexibility index (Phi) is 4.19. The van der Waals surface area contributed by atoms with E-state index in [2.05, 4.69) is 0 Å². The molecule has 2 fully saturated rings. The molecule has 1 heterocycles. The molecule has 0 aromatic rings. The number of hydrogen-bond donors (Lipinski definition) is 2. The number of ether oxygens (including phenoxy) is 1. The average Bonchev–Trinajstić information content (AvgIpc) is 2.39. The van der Waals surface area contributed by atoms with Gasteiger partial charge in [0.25, 0.3) is 0 Å². The Morgan fingerprint density at radius 2 is 1.89 bits per heavy atom. The molecule has 0 bridgehead atoms. The van der Waals surface area contributed by atoms with Crippen LogP contribution in [0, 0.1) is 5.92 Å². The maximum Gasteiger partial charge on any atom is 0.334 e. The van der Waals surface area contributed by atoms with E-state index in [1.54, 1.807) is 4.90 Å². The summed E-state index contributed by atoms with van der Waals surface area (Å²) in [5.41, 5.74) is 5.81. The van der Waals surface area contributed by atoms with Crippen LogP contribution in [-0.4, -0.2) is 53.7 Å². The van der Waals surface area contributed by atoms with Gasteiger partial charge in [0.2, 0.25) is 5.91 Å². The second-order valence-electron chi connectivity index (χ2n) is 5.09. The third-order valence-electron chi connectivity index (χ3n) is 3.77. The van der Waals surface area contributed by atoms with Crippen LogP contribution in [0.5, 0.6) is 0 Å². The van der Waals surface area contributed by atoms with Gasteiger partial charge in [-0.05, 0) is 25.7 Å². The molecule has 0 radical (unpaired) electrons. The summed E-state index contributed by atoms with van der Waals surface area (Å²) in [6.07, 6.45) is 2.50. The van der Waals surface area contributed by atoms with Crippen LogP contribution in [0.15, 0.2) is 0 Å². The van der Waals surface area contributed by atoms with Gasteiger partial charge < -0.3 is 20.5 Å². The summed E-state index contributed by atoms with van der Waals surface area (Å²) in [7, 11) is 0. The van der Waals surface area contributed by atoms with Crippen molar-refractivity contribution in [2.24, 2.45) is 11.7 Å². The minimum atomic E-state index is -1.00. The molecule has 0 aromatic heterocycles. The predicted molar refractivity (Wildman–Crippen MR) is 63.9 cm³/mol. The number of carboxylic acids is 1. The molecule has 102 valence electrons. The fraction of sp³-hybridized carbons (Fsp3) is 0.833. The highest BCUT2D eigenvalue weighted by atomic mass is 16.5. The summed E-state index contributed by atoms with van der Waals surface area (Å²) in [5.74, 6) is -0.924. The summed E-state index contributed by atoms with van der Waals surface area (Å²) < 4.78 is 5.11. The van der Waals surface area contributed by atoms with Crippen LogP contribution in [0.4, 0.5) is 0 Å². The van der Waals surface area contributed by atoms with Crippen molar-refractivity contribution in [3.63, 3.8) is 0 Å². The summed E-state index contributed by atoms with van der Waals surface area (Å²) >= 11 is 0. The topological polar surface area (TPSA) is 92.9 Å². The van der Waals surface area contributed by atoms with Gasteiger partial charge >= 0.3 is 5.97 Å². The molecule has 0 spiro atoms. The maximum atomic E-state index is 12.3. The van der Waals surface area contributed by atoms with Crippen LogP contribution in [-0.2, 0) is 14.3 Å². The Bertz CT molecular complexity index is 326. The predicted octanol–water partition coefficient (Wildman–Crippen LogP) is -0.184. The van der Waals surface area contributed by atoms with Crippen molar-refractivity contribution < 1.29 is 19.4 Å². The molecule has 1 saturated heterocycles. The van der Waals surface area contributed by atoms with Gasteiger partial charge in [-0.1, -0.05) is 0 Å². The lowest BCUT2D eigenvalue weighted by atomic mass is 9.85. The SMILES string of the molecule is NC1CCC(C(=O)N2CCOC(C(=O)O)C2)CC1. The van der Waals surface area contributed by atoms with Gasteiger partial charge in [0.1, 0.15) is 0 Å². The van der Waals surface area contributed by atoms with E-state index in [9.17, 15) is 9.59 Å². The number of carbonyl (C=O) groups excluding carboxylic acids is 1. The van der Waals surface area contributed by atoms with Gasteiger partial charge in [0.05, 0.1) is 13.2 Å². The van der Waals surface area contributed by atoms with Crippen LogP contribution in [0.2, 0.25) is 0 Å². The molecule has 1 aliphatic carbocycles. The molecule has 1 unspecified atom stereocenters. The maximum absolute atomic E-state index is 12.3. The summed E-state index contributed by atoms with van der Waals surface area (Å²) in [4.78, 5) is 24.8. The number of amides is 1. The van der Waals surface area contributed by atoms with Crippen molar-refractivity contribution in [1.29, 1.82) is 0 Å². The highest BCUT2D eigenvalue weighted by molar-refractivity contribution is 5.80. The van der Waals surface area contributed by atoms with E-state index >= 15 is 0 Å². The zero-order valence-corrected chi connectivity index (χ0v) is 10.4. The van der Waals surface area contributed by atoms with Crippen molar-refractivity contribution in [3.05, 3.63) is 0 Å². The first-order valence-corrected chi connectivity index (χ1v) is 6.46. The largest absolute Gasteiger partial charge is 0.479 e. The molecule has 6 nitrogen and oxygen atoms in total. The molecule has 1 aliphatic heterocycles. The number of aliphatic carboxylic acids is 1. The standard InChI is InChI=1S/C12H20N2O4/c13-9-3-1-8(2-4-9)11(15)14-5-6-18-10(7-14)12(16)17/h8-10H,1-7,13H2,(H,16,17). The Labute approximate surface area is 106 Å². The highest BCUT2D eigenvalue weighted by Gasteiger charge is 2.33. The third kappa shape index (κ3) is 3.00. The fourth-order valence-corrected chi connectivity index (χ4v) is 2.62. The van der Waals surface area contributed by atoms with Crippen molar-refractivity contribution in [2.75, 3.05) is 19.7 Å². The number of hydrogen-bond acceptors (Lipinski definition) is 4. The highest BCUT2D eigenvalue weighted by Crippen LogP contribution is 2.25. The Morgan fingerprint density at radius 3 is 2.50 bits per heavy atom. The Hall–Kier alpha value is -1.14. The van der Waals surface area contributed by atoms with Crippen molar-refractivity contribution in [3.8, 4) is 0 Å². The lowest BCUT2D eigenvalue weighted by molar-refractivity contribution is -0.160. The molecule has 3 N–H and O–H groups in total. The van der Waals surface area contributed by atoms with Gasteiger partial charge in [0.15, 0.2) is 6.10 Å². The van der Waals surface area contributed by atoms with E-state index < -0.39 is 12.1 Å². The number of rotatable bonds is 2. The minimum absolute atomic E-state index is 0.0114. The first kappa shape index (κ1) is 13.3. The number of morpholine rings is 1. The zero-order valence-electron chi connectivity index (χ0n) is 10.4. The fourth-order valence-electron chi connectivity index (χ4n) is 2.62. The number of nitrogens with zero attached hydrogens (tertiary/aromatic N) is 1. The quantitative estimate of drug-likeness (QED) is 0.714. The molecule has 1 atom stereocenters. The zero-order chi connectivity index (χ0) is 13.1. The van der Waals surface area contributed by atoms with Crippen LogP contribution < -0.4 is 5.73 Å². The van der Waals surface area contributed by atoms with Gasteiger partial charge in [-0.3, -0.25) is 4.79 Å². The second kappa shape index (κ2) is 5.67. The first-order chi connectivity index (χ1) is 8.58. The molecule has 0 aromatic carbocycles. The Balaban J connectivity index is 1.90. The van der Waals surface area contributed by atoms with Crippen LogP contribution in [0.3, 0.4) is 0 Å². The van der Waals surface area contributed by atoms with Crippen molar-refractivity contribution >= 4 is 11.9 Å². The molecular weight excluding hydrogens is 236 g/mol. The van der Waals surface area contributed by atoms with E-state index in [1.807, 2.05) is 0 Å². The van der Waals surface area contributed by atoms with E-state index in [0.29, 0.717) is 13.2 Å². The normalized spacial score (nSPS) is 33.2. The van der Waals surface area contributed by atoms with Crippen LogP contribution in [0.25, 0.3) is 0 Å². The smallest absolute Gasteiger partial charge is 0.334 e. The summed E-state index contributed by atoms with van der Waals surface area (Å²) in [5, 5.41) is 8.90. The van der Waals surface area contributed by atoms with Crippen molar-refractivity contribution in [2.45, 2.75) is 37.8 Å². The lowest BCUT2D eigenvalue weighted by Crippen LogP contribution is -2.50. The summed E-state index contributed by atoms with van der Waals surface area (Å²) in [6, 6.07) is 0.213. The van der Waals surface area contributed by atoms with Gasteiger partial charge in [0, 0.05) is 18.5 Å². The van der Waals surface area contributed by atoms with E-state index in [4.69, 9.17) is 15.6 Å². The number of carbonyl (C=O) groups is 2. The average molecular weight is 256 g/mol. The third-order valence-corrected chi connectivity index (χ3v) is 3.77. The van der Waals surface area contributed by atoms with Gasteiger partial charge in [-0.2, -0.15) is 0 Å². The molecule has 2 aliphatic rings. The second-order valence-corrected chi connectivity index (χ2v) is 5.09. The van der Waals surface area contributed by atoms with Crippen molar-refractivity contribution in [1.82, 2.24) is 4.90 Å². The lowest BCUT2D eigenvalue weighted by Gasteiger charge is -2.35. The van der Waals surface area contributed by atoms with Gasteiger partial charge in [-0.15, -0.1) is 0 Å². The molecule has 6 heteroatoms. The van der Waals surface area contributed by atoms with Gasteiger partial charge in [-0.25, -0.2) is 4.79 Å². The van der Waals surface area contributed by atoms with E-state index in [0.717, 1.165) is 25.7 Å². The van der Waals surface area contributed by atoms with E-state index in [-0.39, 0.29) is 24.4 Å². The molecule has 1 amide bonds. The molecule has 2 rings (SSSR count). The number of nitrogens with two attached hydrogens (primary N) is 1. The summed E-state index contributed by atoms with van der Waals surface area (Å²) in [6.45, 7) is 0.955. The van der Waals surface area contributed by atoms with Crippen LogP contribution in [0.1, 0.15) is 25.7 Å². The molecule has 18 heavy (non-hydrogen) atoms. The number of carboxylic acid groups (broad SMARTS) is 1. The molecule has 1 saturated carbocycles. The monoisotopic (exact) mass is 256 g/mol. The molecular formula is C12H20N2O4. The van der Waals surface area contributed by atoms with Crippen LogP contribution >= 0.6 is 0 Å².